The average Bonchev–Trinajstić information content (AvgIpc) is 3.44. The topological polar surface area (TPSA) is 137 Å². The van der Waals surface area contributed by atoms with Crippen LogP contribution in [0.3, 0.4) is 0 Å². The first-order valence-electron chi connectivity index (χ1n) is 12.1. The minimum atomic E-state index is -0.987. The number of carboxylic acid groups (broad SMARTS) is 2. The molecule has 3 aromatic heterocycles. The van der Waals surface area contributed by atoms with E-state index in [1.165, 1.54) is 7.11 Å². The van der Waals surface area contributed by atoms with Crippen molar-refractivity contribution in [3.63, 3.8) is 0 Å². The lowest BCUT2D eigenvalue weighted by Gasteiger charge is -2.11. The molecule has 0 saturated heterocycles. The van der Waals surface area contributed by atoms with Crippen LogP contribution in [-0.2, 0) is 41.8 Å². The van der Waals surface area contributed by atoms with Crippen LogP contribution in [0.25, 0.3) is 0 Å². The third-order valence-electron chi connectivity index (χ3n) is 7.17. The Balaban J connectivity index is 2.08. The van der Waals surface area contributed by atoms with Gasteiger partial charge in [0.15, 0.2) is 0 Å². The summed E-state index contributed by atoms with van der Waals surface area (Å²) in [4.78, 5) is 41.5. The number of hydrogen-bond acceptors (Lipinski definition) is 4. The summed E-state index contributed by atoms with van der Waals surface area (Å²) in [6.45, 7) is 10.1. The van der Waals surface area contributed by atoms with Gasteiger partial charge in [-0.2, -0.15) is 0 Å². The van der Waals surface area contributed by atoms with Crippen LogP contribution in [-0.4, -0.2) is 49.8 Å². The molecule has 0 aromatic carbocycles. The Hall–Kier alpha value is -3.75. The SMILES string of the molecule is CCc1c(C(=O)O)[nH]c(Cc2c(C)c(CCC(=O)OC)cn2Cc2[nH]c(C(=O)O)c(CC)c2C)c1C. The van der Waals surface area contributed by atoms with Gasteiger partial charge in [0.05, 0.1) is 13.7 Å². The number of hydrogen-bond donors (Lipinski definition) is 4. The Morgan fingerprint density at radius 3 is 1.89 bits per heavy atom. The number of carbonyl (C=O) groups is 3. The number of esters is 1. The summed E-state index contributed by atoms with van der Waals surface area (Å²) < 4.78 is 6.87. The smallest absolute Gasteiger partial charge is 0.352 e. The molecule has 3 heterocycles. The van der Waals surface area contributed by atoms with Crippen molar-refractivity contribution in [2.45, 2.75) is 73.3 Å². The van der Waals surface area contributed by atoms with Gasteiger partial charge in [-0.25, -0.2) is 9.59 Å². The van der Waals surface area contributed by atoms with Crippen LogP contribution >= 0.6 is 0 Å². The van der Waals surface area contributed by atoms with Gasteiger partial charge in [-0.1, -0.05) is 13.8 Å². The lowest BCUT2D eigenvalue weighted by molar-refractivity contribution is -0.140. The maximum absolute atomic E-state index is 11.8. The minimum Gasteiger partial charge on any atom is -0.477 e. The Bertz CT molecular complexity index is 1310. The summed E-state index contributed by atoms with van der Waals surface area (Å²) in [5.74, 6) is -2.26. The fourth-order valence-corrected chi connectivity index (χ4v) is 5.03. The van der Waals surface area contributed by atoms with Crippen LogP contribution in [0.4, 0.5) is 0 Å². The van der Waals surface area contributed by atoms with Gasteiger partial charge in [0.25, 0.3) is 0 Å². The van der Waals surface area contributed by atoms with Gasteiger partial charge in [0.1, 0.15) is 11.4 Å². The molecule has 0 spiro atoms. The Morgan fingerprint density at radius 2 is 1.42 bits per heavy atom. The standard InChI is InChI=1S/C27H35N3O6/c1-7-18-15(4)20(28-24(18)26(32)33)11-22-14(3)17(9-10-23(31)36-6)12-30(22)13-21-16(5)19(8-2)25(29-21)27(34)35/h12,28-29H,7-11,13H2,1-6H3,(H,32,33)(H,34,35). The molecule has 0 radical (unpaired) electrons. The number of carboxylic acids is 2. The van der Waals surface area contributed by atoms with E-state index in [0.29, 0.717) is 32.2 Å². The van der Waals surface area contributed by atoms with E-state index in [-0.39, 0.29) is 23.8 Å². The molecule has 0 aliphatic rings. The predicted molar refractivity (Wildman–Crippen MR) is 135 cm³/mol. The van der Waals surface area contributed by atoms with Gasteiger partial charge < -0.3 is 29.5 Å². The van der Waals surface area contributed by atoms with Gasteiger partial charge >= 0.3 is 17.9 Å². The number of aromatic nitrogens is 3. The van der Waals surface area contributed by atoms with E-state index in [9.17, 15) is 24.6 Å². The van der Waals surface area contributed by atoms with Crippen LogP contribution in [0.1, 0.15) is 91.7 Å². The summed E-state index contributed by atoms with van der Waals surface area (Å²) in [5, 5.41) is 19.3. The fourth-order valence-electron chi connectivity index (χ4n) is 5.03. The molecule has 0 aliphatic heterocycles. The summed E-state index contributed by atoms with van der Waals surface area (Å²) in [6.07, 6.45) is 4.43. The van der Waals surface area contributed by atoms with Gasteiger partial charge in [-0.3, -0.25) is 4.79 Å². The highest BCUT2D eigenvalue weighted by molar-refractivity contribution is 5.88. The van der Waals surface area contributed by atoms with Crippen LogP contribution in [0, 0.1) is 20.8 Å². The van der Waals surface area contributed by atoms with E-state index in [0.717, 1.165) is 50.5 Å². The van der Waals surface area contributed by atoms with Gasteiger partial charge in [0.2, 0.25) is 0 Å². The average molecular weight is 498 g/mol. The molecule has 4 N–H and O–H groups in total. The molecule has 194 valence electrons. The van der Waals surface area contributed by atoms with Crippen molar-refractivity contribution in [3.8, 4) is 0 Å². The molecule has 0 bridgehead atoms. The zero-order chi connectivity index (χ0) is 26.7. The molecule has 0 unspecified atom stereocenters. The molecule has 0 amide bonds. The van der Waals surface area contributed by atoms with Crippen molar-refractivity contribution < 1.29 is 29.3 Å². The number of rotatable bonds is 11. The van der Waals surface area contributed by atoms with Crippen LogP contribution in [0.2, 0.25) is 0 Å². The molecule has 0 aliphatic carbocycles. The summed E-state index contributed by atoms with van der Waals surface area (Å²) in [7, 11) is 1.37. The monoisotopic (exact) mass is 497 g/mol. The number of aryl methyl sites for hydroxylation is 1. The molecule has 9 nitrogen and oxygen atoms in total. The number of aromatic amines is 2. The Labute approximate surface area is 210 Å². The largest absolute Gasteiger partial charge is 0.477 e. The lowest BCUT2D eigenvalue weighted by atomic mass is 10.0. The Kier molecular flexibility index (Phi) is 8.12. The van der Waals surface area contributed by atoms with Gasteiger partial charge in [0, 0.05) is 36.1 Å². The van der Waals surface area contributed by atoms with E-state index >= 15 is 0 Å². The normalized spacial score (nSPS) is 11.2. The second-order valence-corrected chi connectivity index (χ2v) is 9.09. The summed E-state index contributed by atoms with van der Waals surface area (Å²) in [6, 6.07) is 0. The van der Waals surface area contributed by atoms with E-state index in [1.807, 2.05) is 40.8 Å². The maximum atomic E-state index is 11.8. The van der Waals surface area contributed by atoms with Crippen LogP contribution in [0.15, 0.2) is 6.20 Å². The third kappa shape index (κ3) is 5.10. The van der Waals surface area contributed by atoms with Crippen molar-refractivity contribution in [2.24, 2.45) is 0 Å². The second-order valence-electron chi connectivity index (χ2n) is 9.09. The molecule has 3 rings (SSSR count). The molecule has 9 heteroatoms. The highest BCUT2D eigenvalue weighted by Crippen LogP contribution is 2.28. The van der Waals surface area contributed by atoms with Crippen molar-refractivity contribution in [1.82, 2.24) is 14.5 Å². The first-order valence-corrected chi connectivity index (χ1v) is 12.1. The third-order valence-corrected chi connectivity index (χ3v) is 7.17. The molecular formula is C27H35N3O6. The number of ether oxygens (including phenoxy) is 1. The summed E-state index contributed by atoms with van der Waals surface area (Å²) >= 11 is 0. The number of nitrogens with zero attached hydrogens (tertiary/aromatic N) is 1. The number of H-pyrrole nitrogens is 2. The number of methoxy groups -OCH3 is 1. The predicted octanol–water partition coefficient (Wildman–Crippen LogP) is 4.34. The molecule has 0 saturated carbocycles. The molecule has 0 atom stereocenters. The number of aromatic carboxylic acids is 2. The maximum Gasteiger partial charge on any atom is 0.352 e. The number of carbonyl (C=O) groups excluding carboxylic acids is 1. The highest BCUT2D eigenvalue weighted by atomic mass is 16.5. The van der Waals surface area contributed by atoms with Crippen molar-refractivity contribution >= 4 is 17.9 Å². The molecule has 0 fully saturated rings. The van der Waals surface area contributed by atoms with Gasteiger partial charge in [-0.15, -0.1) is 0 Å². The second kappa shape index (κ2) is 10.9. The minimum absolute atomic E-state index is 0.209. The zero-order valence-corrected chi connectivity index (χ0v) is 21.8. The van der Waals surface area contributed by atoms with E-state index < -0.39 is 11.9 Å². The first kappa shape index (κ1) is 26.8. The molecule has 3 aromatic rings. The van der Waals surface area contributed by atoms with Crippen molar-refractivity contribution in [3.05, 3.63) is 68.0 Å². The highest BCUT2D eigenvalue weighted by Gasteiger charge is 2.23. The molecular weight excluding hydrogens is 462 g/mol. The van der Waals surface area contributed by atoms with E-state index in [2.05, 4.69) is 14.5 Å². The van der Waals surface area contributed by atoms with E-state index in [4.69, 9.17) is 4.74 Å². The number of nitrogens with one attached hydrogen (secondary N) is 2. The van der Waals surface area contributed by atoms with Crippen molar-refractivity contribution in [2.75, 3.05) is 7.11 Å². The van der Waals surface area contributed by atoms with E-state index in [1.54, 1.807) is 0 Å². The zero-order valence-electron chi connectivity index (χ0n) is 21.8. The van der Waals surface area contributed by atoms with Crippen LogP contribution in [0.5, 0.6) is 0 Å². The van der Waals surface area contributed by atoms with Gasteiger partial charge in [-0.05, 0) is 73.4 Å². The lowest BCUT2D eigenvalue weighted by Crippen LogP contribution is -2.08. The quantitative estimate of drug-likeness (QED) is 0.291. The summed E-state index contributed by atoms with van der Waals surface area (Å²) in [5.41, 5.74) is 8.46. The molecule has 36 heavy (non-hydrogen) atoms. The Morgan fingerprint density at radius 1 is 0.889 bits per heavy atom. The van der Waals surface area contributed by atoms with Crippen LogP contribution < -0.4 is 0 Å². The van der Waals surface area contributed by atoms with Crippen molar-refractivity contribution in [1.29, 1.82) is 0 Å². The fraction of sp³-hybridized carbons (Fsp3) is 0.444. The first-order chi connectivity index (χ1) is 17.0.